The summed E-state index contributed by atoms with van der Waals surface area (Å²) in [5, 5.41) is 12.6. The van der Waals surface area contributed by atoms with Crippen molar-refractivity contribution in [2.24, 2.45) is 4.99 Å². The molecule has 2 N–H and O–H groups in total. The van der Waals surface area contributed by atoms with Gasteiger partial charge in [0.25, 0.3) is 0 Å². The molecule has 0 saturated carbocycles. The number of nitrogens with zero attached hydrogens (tertiary/aromatic N) is 1. The number of phenolic OH excluding ortho intramolecular Hbond substituents is 1. The molecular formula is C11H10Cl2N2O4. The third-order valence-corrected chi connectivity index (χ3v) is 3.28. The van der Waals surface area contributed by atoms with Gasteiger partial charge < -0.3 is 19.9 Å². The second-order valence-electron chi connectivity index (χ2n) is 3.74. The van der Waals surface area contributed by atoms with Crippen LogP contribution in [0, 0.1) is 6.92 Å². The van der Waals surface area contributed by atoms with Gasteiger partial charge in [0.15, 0.2) is 12.5 Å². The van der Waals surface area contributed by atoms with Crippen molar-refractivity contribution in [3.05, 3.63) is 21.7 Å². The van der Waals surface area contributed by atoms with Crippen molar-refractivity contribution in [3.8, 4) is 5.75 Å². The first kappa shape index (κ1) is 13.9. The van der Waals surface area contributed by atoms with Crippen LogP contribution < -0.4 is 5.32 Å². The normalized spacial score (nSPS) is 16.5. The van der Waals surface area contributed by atoms with Crippen LogP contribution in [0.5, 0.6) is 5.75 Å². The lowest BCUT2D eigenvalue weighted by Gasteiger charge is -2.10. The molecule has 0 atom stereocenters. The monoisotopic (exact) mass is 304 g/mol. The average Bonchev–Trinajstić information content (AvgIpc) is 2.86. The molecule has 0 bridgehead atoms. The fraction of sp³-hybridized carbons (Fsp3) is 0.273. The SMILES string of the molecule is Cc1c(Cl)cc(NC(=O)N=C2COCO2)c(O)c1Cl. The Balaban J connectivity index is 2.19. The zero-order chi connectivity index (χ0) is 14.0. The van der Waals surface area contributed by atoms with Crippen LogP contribution in [0.25, 0.3) is 0 Å². The number of nitrogens with one attached hydrogen (secondary N) is 1. The summed E-state index contributed by atoms with van der Waals surface area (Å²) >= 11 is 11.8. The van der Waals surface area contributed by atoms with Crippen molar-refractivity contribution < 1.29 is 19.4 Å². The van der Waals surface area contributed by atoms with Gasteiger partial charge in [-0.05, 0) is 18.6 Å². The minimum atomic E-state index is -0.716. The maximum Gasteiger partial charge on any atom is 0.348 e. The van der Waals surface area contributed by atoms with Crippen LogP contribution in [-0.4, -0.2) is 30.4 Å². The first-order chi connectivity index (χ1) is 8.99. The number of halogens is 2. The summed E-state index contributed by atoms with van der Waals surface area (Å²) in [6, 6.07) is 0.675. The van der Waals surface area contributed by atoms with Gasteiger partial charge in [-0.1, -0.05) is 23.2 Å². The molecule has 1 saturated heterocycles. The number of phenols is 1. The lowest BCUT2D eigenvalue weighted by atomic mass is 10.2. The Labute approximate surface area is 118 Å². The van der Waals surface area contributed by atoms with Crippen LogP contribution in [0.15, 0.2) is 11.1 Å². The number of anilines is 1. The fourth-order valence-electron chi connectivity index (χ4n) is 1.40. The molecule has 19 heavy (non-hydrogen) atoms. The van der Waals surface area contributed by atoms with Gasteiger partial charge in [-0.15, -0.1) is 0 Å². The van der Waals surface area contributed by atoms with Crippen LogP contribution in [0.2, 0.25) is 10.0 Å². The molecule has 0 aliphatic carbocycles. The molecule has 1 aromatic rings. The Morgan fingerprint density at radius 1 is 1.53 bits per heavy atom. The van der Waals surface area contributed by atoms with E-state index in [2.05, 4.69) is 10.3 Å². The smallest absolute Gasteiger partial charge is 0.348 e. The summed E-state index contributed by atoms with van der Waals surface area (Å²) in [5.41, 5.74) is 0.603. The van der Waals surface area contributed by atoms with Gasteiger partial charge in [0.05, 0.1) is 10.7 Å². The van der Waals surface area contributed by atoms with Gasteiger partial charge in [-0.2, -0.15) is 4.99 Å². The summed E-state index contributed by atoms with van der Waals surface area (Å²) < 4.78 is 9.77. The lowest BCUT2D eigenvalue weighted by Crippen LogP contribution is -2.11. The maximum atomic E-state index is 11.6. The highest BCUT2D eigenvalue weighted by molar-refractivity contribution is 6.37. The molecule has 1 aromatic carbocycles. The van der Waals surface area contributed by atoms with E-state index in [0.717, 1.165) is 0 Å². The number of aromatic hydroxyl groups is 1. The van der Waals surface area contributed by atoms with Crippen molar-refractivity contribution in [2.75, 3.05) is 18.7 Å². The van der Waals surface area contributed by atoms with Gasteiger partial charge >= 0.3 is 6.03 Å². The van der Waals surface area contributed by atoms with E-state index >= 15 is 0 Å². The highest BCUT2D eigenvalue weighted by atomic mass is 35.5. The molecule has 0 aromatic heterocycles. The Bertz CT molecular complexity index is 552. The Kier molecular flexibility index (Phi) is 4.14. The summed E-state index contributed by atoms with van der Waals surface area (Å²) in [5.74, 6) is -0.0954. The highest BCUT2D eigenvalue weighted by Gasteiger charge is 2.16. The standard InChI is InChI=1S/C11H10Cl2N2O4/c1-5-6(12)2-7(10(16)9(5)13)14-11(17)15-8-3-18-4-19-8/h2,16H,3-4H2,1H3,(H,14,17). The van der Waals surface area contributed by atoms with Crippen molar-refractivity contribution in [2.45, 2.75) is 6.92 Å². The van der Waals surface area contributed by atoms with E-state index in [1.807, 2.05) is 0 Å². The van der Waals surface area contributed by atoms with Crippen LogP contribution >= 0.6 is 23.2 Å². The predicted octanol–water partition coefficient (Wildman–Crippen LogP) is 2.94. The van der Waals surface area contributed by atoms with Crippen LogP contribution in [0.3, 0.4) is 0 Å². The van der Waals surface area contributed by atoms with Gasteiger partial charge in [-0.3, -0.25) is 0 Å². The van der Waals surface area contributed by atoms with Crippen molar-refractivity contribution in [1.29, 1.82) is 0 Å². The Morgan fingerprint density at radius 3 is 2.89 bits per heavy atom. The number of carbonyl (C=O) groups excluding carboxylic acids is 1. The maximum absolute atomic E-state index is 11.6. The van der Waals surface area contributed by atoms with E-state index in [9.17, 15) is 9.90 Å². The van der Waals surface area contributed by atoms with E-state index in [1.165, 1.54) is 6.07 Å². The number of urea groups is 1. The molecule has 0 radical (unpaired) electrons. The molecule has 102 valence electrons. The van der Waals surface area contributed by atoms with Gasteiger partial charge in [0.2, 0.25) is 5.90 Å². The van der Waals surface area contributed by atoms with Crippen LogP contribution in [-0.2, 0) is 9.47 Å². The molecule has 0 spiro atoms. The van der Waals surface area contributed by atoms with Crippen molar-refractivity contribution in [1.82, 2.24) is 0 Å². The largest absolute Gasteiger partial charge is 0.504 e. The van der Waals surface area contributed by atoms with E-state index < -0.39 is 6.03 Å². The molecule has 2 rings (SSSR count). The third kappa shape index (κ3) is 3.09. The summed E-state index contributed by atoms with van der Waals surface area (Å²) in [4.78, 5) is 15.2. The van der Waals surface area contributed by atoms with Crippen LogP contribution in [0.4, 0.5) is 10.5 Å². The third-order valence-electron chi connectivity index (χ3n) is 2.42. The number of amides is 2. The summed E-state index contributed by atoms with van der Waals surface area (Å²) in [6.45, 7) is 1.86. The minimum Gasteiger partial charge on any atom is -0.504 e. The number of carbonyl (C=O) groups is 1. The van der Waals surface area contributed by atoms with E-state index in [-0.39, 0.29) is 35.8 Å². The molecule has 6 nitrogen and oxygen atoms in total. The zero-order valence-electron chi connectivity index (χ0n) is 9.87. The molecule has 1 fully saturated rings. The summed E-state index contributed by atoms with van der Waals surface area (Å²) in [7, 11) is 0. The molecule has 1 heterocycles. The predicted molar refractivity (Wildman–Crippen MR) is 71.2 cm³/mol. The Morgan fingerprint density at radius 2 is 2.26 bits per heavy atom. The summed E-state index contributed by atoms with van der Waals surface area (Å²) in [6.07, 6.45) is 0. The van der Waals surface area contributed by atoms with Crippen molar-refractivity contribution >= 4 is 40.8 Å². The highest BCUT2D eigenvalue weighted by Crippen LogP contribution is 2.38. The minimum absolute atomic E-state index is 0.0690. The quantitative estimate of drug-likeness (QED) is 0.782. The molecule has 1 aliphatic rings. The first-order valence-electron chi connectivity index (χ1n) is 5.25. The van der Waals surface area contributed by atoms with Gasteiger partial charge in [0.1, 0.15) is 6.61 Å². The topological polar surface area (TPSA) is 80.2 Å². The average molecular weight is 305 g/mol. The number of ether oxygens (including phenoxy) is 2. The molecule has 0 unspecified atom stereocenters. The van der Waals surface area contributed by atoms with E-state index in [1.54, 1.807) is 6.92 Å². The second kappa shape index (κ2) is 5.64. The van der Waals surface area contributed by atoms with Gasteiger partial charge in [0, 0.05) is 5.02 Å². The zero-order valence-corrected chi connectivity index (χ0v) is 11.4. The second-order valence-corrected chi connectivity index (χ2v) is 4.53. The number of benzene rings is 1. The van der Waals surface area contributed by atoms with Gasteiger partial charge in [-0.25, -0.2) is 4.79 Å². The molecule has 8 heteroatoms. The lowest BCUT2D eigenvalue weighted by molar-refractivity contribution is 0.0890. The van der Waals surface area contributed by atoms with Crippen LogP contribution in [0.1, 0.15) is 5.56 Å². The van der Waals surface area contributed by atoms with Crippen molar-refractivity contribution in [3.63, 3.8) is 0 Å². The first-order valence-corrected chi connectivity index (χ1v) is 6.01. The van der Waals surface area contributed by atoms with E-state index in [0.29, 0.717) is 10.6 Å². The number of hydrogen-bond donors (Lipinski definition) is 2. The Hall–Kier alpha value is -1.50. The molecule has 1 aliphatic heterocycles. The molecular weight excluding hydrogens is 295 g/mol. The fourth-order valence-corrected chi connectivity index (χ4v) is 1.86. The van der Waals surface area contributed by atoms with E-state index in [4.69, 9.17) is 32.7 Å². The molecule has 2 amide bonds. The number of rotatable bonds is 1. The number of aliphatic imine (C=N–C) groups is 1. The number of hydrogen-bond acceptors (Lipinski definition) is 4.